The van der Waals surface area contributed by atoms with E-state index in [9.17, 15) is 0 Å². The summed E-state index contributed by atoms with van der Waals surface area (Å²) in [6, 6.07) is 40.0. The number of allylic oxidation sites excluding steroid dienone is 5. The quantitative estimate of drug-likeness (QED) is 0.0954. The van der Waals surface area contributed by atoms with Crippen molar-refractivity contribution in [3.05, 3.63) is 169 Å². The van der Waals surface area contributed by atoms with Crippen molar-refractivity contribution < 1.29 is 0 Å². The fourth-order valence-corrected chi connectivity index (χ4v) is 7.85. The van der Waals surface area contributed by atoms with Crippen LogP contribution < -0.4 is 0 Å². The third-order valence-electron chi connectivity index (χ3n) is 10.4. The lowest BCUT2D eigenvalue weighted by molar-refractivity contribution is 1.11. The van der Waals surface area contributed by atoms with E-state index < -0.39 is 0 Å². The number of benzene rings is 7. The van der Waals surface area contributed by atoms with Crippen LogP contribution >= 0.6 is 0 Å². The van der Waals surface area contributed by atoms with Crippen molar-refractivity contribution in [1.82, 2.24) is 14.4 Å². The lowest BCUT2D eigenvalue weighted by atomic mass is 9.89. The molecule has 9 rings (SSSR count). The fraction of sp³-hybridized carbons (Fsp3) is 0.0833. The number of aliphatic imine (C=N–C) groups is 2. The van der Waals surface area contributed by atoms with Gasteiger partial charge in [-0.15, -0.1) is 0 Å². The van der Waals surface area contributed by atoms with Crippen LogP contribution in [0, 0.1) is 6.92 Å². The van der Waals surface area contributed by atoms with E-state index in [0.29, 0.717) is 0 Å². The van der Waals surface area contributed by atoms with Crippen LogP contribution in [0.5, 0.6) is 0 Å². The zero-order valence-corrected chi connectivity index (χ0v) is 30.2. The van der Waals surface area contributed by atoms with Crippen molar-refractivity contribution in [2.45, 2.75) is 27.7 Å². The summed E-state index contributed by atoms with van der Waals surface area (Å²) in [7, 11) is 0. The minimum atomic E-state index is 0.803. The average Bonchev–Trinajstić information content (AvgIpc) is 3.61. The first-order valence-corrected chi connectivity index (χ1v) is 18.0. The fourth-order valence-electron chi connectivity index (χ4n) is 7.85. The molecule has 0 radical (unpaired) electrons. The smallest absolute Gasteiger partial charge is 0.149 e. The van der Waals surface area contributed by atoms with Gasteiger partial charge in [0, 0.05) is 54.9 Å². The molecule has 0 saturated carbocycles. The number of fused-ring (bicyclic) bond motifs is 7. The molecule has 5 nitrogen and oxygen atoms in total. The van der Waals surface area contributed by atoms with Crippen LogP contribution in [0.3, 0.4) is 0 Å². The van der Waals surface area contributed by atoms with Crippen molar-refractivity contribution in [1.29, 1.82) is 0 Å². The van der Waals surface area contributed by atoms with E-state index in [1.807, 2.05) is 55.5 Å². The van der Waals surface area contributed by atoms with Gasteiger partial charge in [-0.25, -0.2) is 9.97 Å². The van der Waals surface area contributed by atoms with Crippen LogP contribution in [0.1, 0.15) is 43.3 Å². The molecule has 0 amide bonds. The lowest BCUT2D eigenvalue weighted by Gasteiger charge is -2.18. The van der Waals surface area contributed by atoms with Crippen molar-refractivity contribution in [2.75, 3.05) is 0 Å². The Morgan fingerprint density at radius 2 is 1.36 bits per heavy atom. The van der Waals surface area contributed by atoms with Crippen LogP contribution in [0.4, 0.5) is 11.4 Å². The number of imidazole rings is 1. The van der Waals surface area contributed by atoms with E-state index in [0.717, 1.165) is 94.6 Å². The monoisotopic (exact) mass is 683 g/mol. The third-order valence-corrected chi connectivity index (χ3v) is 10.4. The summed E-state index contributed by atoms with van der Waals surface area (Å²) in [4.78, 5) is 21.2. The predicted octanol–water partition coefficient (Wildman–Crippen LogP) is 12.7. The first kappa shape index (κ1) is 32.2. The molecular weight excluding hydrogens is 647 g/mol. The summed E-state index contributed by atoms with van der Waals surface area (Å²) in [6.45, 7) is 12.5. The molecule has 0 aliphatic heterocycles. The molecule has 0 atom stereocenters. The third kappa shape index (κ3) is 5.07. The molecule has 0 bridgehead atoms. The summed E-state index contributed by atoms with van der Waals surface area (Å²) in [5, 5.41) is 7.88. The van der Waals surface area contributed by atoms with E-state index in [-0.39, 0.29) is 0 Å². The maximum absolute atomic E-state index is 5.46. The Hall–Kier alpha value is -6.72. The number of hydrogen-bond acceptors (Lipinski definition) is 4. The van der Waals surface area contributed by atoms with Gasteiger partial charge in [-0.3, -0.25) is 14.4 Å². The number of aromatic nitrogens is 3. The molecule has 5 heteroatoms. The second kappa shape index (κ2) is 12.8. The predicted molar refractivity (Wildman–Crippen MR) is 226 cm³/mol. The van der Waals surface area contributed by atoms with Gasteiger partial charge < -0.3 is 0 Å². The van der Waals surface area contributed by atoms with Gasteiger partial charge in [-0.05, 0) is 62.4 Å². The van der Waals surface area contributed by atoms with Gasteiger partial charge in [0.05, 0.1) is 27.9 Å². The summed E-state index contributed by atoms with van der Waals surface area (Å²) in [5.74, 6) is 0.803. The summed E-state index contributed by atoms with van der Waals surface area (Å²) >= 11 is 0. The van der Waals surface area contributed by atoms with Crippen LogP contribution in [0.25, 0.3) is 65.5 Å². The van der Waals surface area contributed by atoms with E-state index in [2.05, 4.69) is 123 Å². The molecular formula is C48H37N5. The molecule has 0 aliphatic rings. The lowest BCUT2D eigenvalue weighted by Crippen LogP contribution is -2.01. The Morgan fingerprint density at radius 1 is 0.679 bits per heavy atom. The van der Waals surface area contributed by atoms with E-state index >= 15 is 0 Å². The topological polar surface area (TPSA) is 54.9 Å². The largest absolute Gasteiger partial charge is 0.275 e. The molecule has 7 aromatic carbocycles. The molecule has 0 aliphatic carbocycles. The first-order chi connectivity index (χ1) is 26.0. The van der Waals surface area contributed by atoms with Gasteiger partial charge in [0.25, 0.3) is 0 Å². The average molecular weight is 684 g/mol. The molecule has 0 fully saturated rings. The van der Waals surface area contributed by atoms with E-state index in [1.54, 1.807) is 0 Å². The Labute approximate surface area is 308 Å². The molecule has 254 valence electrons. The highest BCUT2D eigenvalue weighted by Gasteiger charge is 2.24. The highest BCUT2D eigenvalue weighted by atomic mass is 15.1. The van der Waals surface area contributed by atoms with Gasteiger partial charge in [0.15, 0.2) is 0 Å². The maximum Gasteiger partial charge on any atom is 0.149 e. The highest BCUT2D eigenvalue weighted by Crippen LogP contribution is 2.47. The van der Waals surface area contributed by atoms with Gasteiger partial charge in [0.2, 0.25) is 0 Å². The number of para-hydroxylation sites is 2. The summed E-state index contributed by atoms with van der Waals surface area (Å²) < 4.78 is 2.24. The number of aryl methyl sites for hydroxylation is 1. The molecule has 9 aromatic rings. The van der Waals surface area contributed by atoms with Crippen molar-refractivity contribution in [3.63, 3.8) is 0 Å². The molecule has 0 unspecified atom stereocenters. The second-order valence-corrected chi connectivity index (χ2v) is 13.5. The molecule has 53 heavy (non-hydrogen) atoms. The summed E-state index contributed by atoms with van der Waals surface area (Å²) in [6.07, 6.45) is 7.99. The van der Waals surface area contributed by atoms with E-state index in [1.165, 1.54) is 16.2 Å². The Morgan fingerprint density at radius 3 is 2.17 bits per heavy atom. The second-order valence-electron chi connectivity index (χ2n) is 13.5. The highest BCUT2D eigenvalue weighted by molar-refractivity contribution is 6.35. The molecule has 0 spiro atoms. The van der Waals surface area contributed by atoms with Gasteiger partial charge in [-0.2, -0.15) is 0 Å². The molecule has 2 heterocycles. The minimum Gasteiger partial charge on any atom is -0.275 e. The Bertz CT molecular complexity index is 3050. The number of nitrogens with zero attached hydrogens (tertiary/aromatic N) is 5. The number of rotatable bonds is 7. The standard InChI is InChI=1S/C48H37N5/c1-6-8-18-32(7-2)47-51-41-28-15-13-22-36(41)48-52-45-38-25-16-23-34-29(3)44(37-24-17-26-39(43(37)42(34)38)46(45)53(47)48)50-31(5)35-21-12-14-27-40(35)49-30(4)33-19-10-9-11-20-33/h6-28H,2H2,1,3-5H3/b8-6-,32-18+,49-30?,50-31?. The zero-order chi connectivity index (χ0) is 36.2. The van der Waals surface area contributed by atoms with Crippen molar-refractivity contribution >= 4 is 88.3 Å². The van der Waals surface area contributed by atoms with E-state index in [4.69, 9.17) is 20.0 Å². The van der Waals surface area contributed by atoms with Crippen molar-refractivity contribution in [2.24, 2.45) is 9.98 Å². The molecule has 2 aromatic heterocycles. The van der Waals surface area contributed by atoms with Crippen LogP contribution in [0.15, 0.2) is 156 Å². The maximum atomic E-state index is 5.46. The number of hydrogen-bond donors (Lipinski definition) is 0. The van der Waals surface area contributed by atoms with Crippen molar-refractivity contribution in [3.8, 4) is 0 Å². The first-order valence-electron chi connectivity index (χ1n) is 18.0. The normalized spacial score (nSPS) is 13.2. The van der Waals surface area contributed by atoms with Crippen LogP contribution in [-0.2, 0) is 0 Å². The van der Waals surface area contributed by atoms with Gasteiger partial charge in [0.1, 0.15) is 11.5 Å². The van der Waals surface area contributed by atoms with Gasteiger partial charge >= 0.3 is 0 Å². The molecule has 0 N–H and O–H groups in total. The van der Waals surface area contributed by atoms with Crippen LogP contribution in [-0.4, -0.2) is 25.8 Å². The molecule has 0 saturated heterocycles. The zero-order valence-electron chi connectivity index (χ0n) is 30.2. The Kier molecular flexibility index (Phi) is 7.78. The SMILES string of the molecule is C=C/C(=C\C=C/C)c1nc2ccccc2c2nc3c4cccc5c(C)c(N=C(C)c6ccccc6N=C(C)c6ccccc6)c6cccc(c6c54)c3n12. The van der Waals surface area contributed by atoms with Crippen LogP contribution in [0.2, 0.25) is 0 Å². The minimum absolute atomic E-state index is 0.803. The van der Waals surface area contributed by atoms with Gasteiger partial charge in [-0.1, -0.05) is 128 Å². The summed E-state index contributed by atoms with van der Waals surface area (Å²) in [5.41, 5.74) is 11.6. The Balaban J connectivity index is 1.37.